The number of carbonyl (C=O) groups is 2. The summed E-state index contributed by atoms with van der Waals surface area (Å²) < 4.78 is 36.5. The molecule has 0 unspecified atom stereocenters. The number of carbonyl (C=O) groups excluding carboxylic acids is 2. The highest BCUT2D eigenvalue weighted by molar-refractivity contribution is 7.99. The molecule has 1 saturated heterocycles. The number of rotatable bonds is 5. The summed E-state index contributed by atoms with van der Waals surface area (Å²) in [5, 5.41) is 11.3. The van der Waals surface area contributed by atoms with Crippen molar-refractivity contribution in [2.24, 2.45) is 5.92 Å². The van der Waals surface area contributed by atoms with Crippen molar-refractivity contribution in [1.82, 2.24) is 10.2 Å². The smallest absolute Gasteiger partial charge is 0.384 e. The van der Waals surface area contributed by atoms with Crippen molar-refractivity contribution in [2.45, 2.75) is 44.0 Å². The molecule has 1 aliphatic carbocycles. The largest absolute Gasteiger partial charge is 0.414 e. The molecule has 0 radical (unpaired) electrons. The Morgan fingerprint density at radius 1 is 1.36 bits per heavy atom. The van der Waals surface area contributed by atoms with Crippen LogP contribution >= 0.6 is 11.8 Å². The maximum Gasteiger partial charge on any atom is 0.414 e. The predicted octanol–water partition coefficient (Wildman–Crippen LogP) is 1.12. The third-order valence-electron chi connectivity index (χ3n) is 4.02. The van der Waals surface area contributed by atoms with Gasteiger partial charge >= 0.3 is 6.18 Å². The first-order chi connectivity index (χ1) is 10.3. The second-order valence-electron chi connectivity index (χ2n) is 5.59. The van der Waals surface area contributed by atoms with Crippen molar-refractivity contribution < 1.29 is 27.9 Å². The summed E-state index contributed by atoms with van der Waals surface area (Å²) in [7, 11) is 0. The number of amides is 2. The van der Waals surface area contributed by atoms with Gasteiger partial charge in [-0.25, -0.2) is 0 Å². The van der Waals surface area contributed by atoms with E-state index in [1.54, 1.807) is 0 Å². The molecule has 126 valence electrons. The topological polar surface area (TPSA) is 69.6 Å². The molecular weight excluding hydrogens is 321 g/mol. The molecule has 0 bridgehead atoms. The molecule has 2 amide bonds. The number of nitrogens with one attached hydrogen (secondary N) is 1. The van der Waals surface area contributed by atoms with E-state index in [1.165, 1.54) is 16.7 Å². The normalized spacial score (nSPS) is 24.0. The fourth-order valence-electron chi connectivity index (χ4n) is 2.38. The van der Waals surface area contributed by atoms with Gasteiger partial charge in [-0.15, -0.1) is 11.8 Å². The molecule has 2 fully saturated rings. The lowest BCUT2D eigenvalue weighted by molar-refractivity contribution is -0.205. The third kappa shape index (κ3) is 4.07. The fourth-order valence-corrected chi connectivity index (χ4v) is 3.54. The van der Waals surface area contributed by atoms with Gasteiger partial charge in [0.25, 0.3) is 0 Å². The number of thioether (sulfide) groups is 1. The van der Waals surface area contributed by atoms with Crippen LogP contribution in [-0.4, -0.2) is 58.3 Å². The van der Waals surface area contributed by atoms with Gasteiger partial charge in [0.1, 0.15) is 6.04 Å². The minimum absolute atomic E-state index is 0.0129. The SMILES string of the molecule is O=C(NCC[C@H](O)C(F)(F)F)[C@@H]1CSCN1C(=O)C1CCC1. The Kier molecular flexibility index (Phi) is 5.60. The summed E-state index contributed by atoms with van der Waals surface area (Å²) in [6, 6.07) is -0.624. The highest BCUT2D eigenvalue weighted by Gasteiger charge is 2.40. The number of hydrogen-bond donors (Lipinski definition) is 2. The van der Waals surface area contributed by atoms with Crippen molar-refractivity contribution >= 4 is 23.6 Å². The number of nitrogens with zero attached hydrogens (tertiary/aromatic N) is 1. The van der Waals surface area contributed by atoms with E-state index >= 15 is 0 Å². The van der Waals surface area contributed by atoms with Gasteiger partial charge in [-0.05, 0) is 19.3 Å². The molecule has 1 aliphatic heterocycles. The highest BCUT2D eigenvalue weighted by Crippen LogP contribution is 2.32. The van der Waals surface area contributed by atoms with E-state index < -0.39 is 30.7 Å². The number of aliphatic hydroxyl groups excluding tert-OH is 1. The van der Waals surface area contributed by atoms with Crippen LogP contribution in [0.3, 0.4) is 0 Å². The van der Waals surface area contributed by atoms with Crippen LogP contribution in [0.25, 0.3) is 0 Å². The van der Waals surface area contributed by atoms with Crippen molar-refractivity contribution in [2.75, 3.05) is 18.2 Å². The molecule has 0 aromatic heterocycles. The number of halogens is 3. The van der Waals surface area contributed by atoms with E-state index in [4.69, 9.17) is 5.11 Å². The van der Waals surface area contributed by atoms with Gasteiger partial charge in [-0.1, -0.05) is 6.42 Å². The van der Waals surface area contributed by atoms with Crippen LogP contribution in [0.5, 0.6) is 0 Å². The van der Waals surface area contributed by atoms with Crippen molar-refractivity contribution in [3.05, 3.63) is 0 Å². The Hall–Kier alpha value is -0.960. The maximum atomic E-state index is 12.2. The molecule has 1 heterocycles. The van der Waals surface area contributed by atoms with Gasteiger partial charge in [0.2, 0.25) is 11.8 Å². The second kappa shape index (κ2) is 7.08. The van der Waals surface area contributed by atoms with Gasteiger partial charge in [0.15, 0.2) is 6.10 Å². The number of hydrogen-bond acceptors (Lipinski definition) is 4. The van der Waals surface area contributed by atoms with E-state index in [2.05, 4.69) is 5.32 Å². The summed E-state index contributed by atoms with van der Waals surface area (Å²) >= 11 is 1.46. The average molecular weight is 340 g/mol. The Morgan fingerprint density at radius 3 is 2.59 bits per heavy atom. The fraction of sp³-hybridized carbons (Fsp3) is 0.846. The minimum Gasteiger partial charge on any atom is -0.384 e. The lowest BCUT2D eigenvalue weighted by Crippen LogP contribution is -2.50. The third-order valence-corrected chi connectivity index (χ3v) is 5.03. The summed E-state index contributed by atoms with van der Waals surface area (Å²) in [6.07, 6.45) is -5.02. The zero-order valence-electron chi connectivity index (χ0n) is 11.9. The van der Waals surface area contributed by atoms with E-state index in [9.17, 15) is 22.8 Å². The van der Waals surface area contributed by atoms with Gasteiger partial charge < -0.3 is 15.3 Å². The van der Waals surface area contributed by atoms with Crippen molar-refractivity contribution in [3.8, 4) is 0 Å². The van der Waals surface area contributed by atoms with Crippen LogP contribution in [0.1, 0.15) is 25.7 Å². The quantitative estimate of drug-likeness (QED) is 0.787. The first-order valence-electron chi connectivity index (χ1n) is 7.21. The molecule has 5 nitrogen and oxygen atoms in total. The van der Waals surface area contributed by atoms with E-state index in [-0.39, 0.29) is 18.4 Å². The first kappa shape index (κ1) is 17.4. The Bertz CT molecular complexity index is 429. The maximum absolute atomic E-state index is 12.2. The molecule has 22 heavy (non-hydrogen) atoms. The van der Waals surface area contributed by atoms with Gasteiger partial charge in [-0.3, -0.25) is 9.59 Å². The lowest BCUT2D eigenvalue weighted by Gasteiger charge is -2.31. The minimum atomic E-state index is -4.68. The first-order valence-corrected chi connectivity index (χ1v) is 8.37. The number of alkyl halides is 3. The van der Waals surface area contributed by atoms with Crippen LogP contribution in [0.2, 0.25) is 0 Å². The zero-order valence-corrected chi connectivity index (χ0v) is 12.8. The van der Waals surface area contributed by atoms with E-state index in [1.807, 2.05) is 0 Å². The summed E-state index contributed by atoms with van der Waals surface area (Å²) in [5.41, 5.74) is 0. The molecule has 2 N–H and O–H groups in total. The van der Waals surface area contributed by atoms with Gasteiger partial charge in [0, 0.05) is 18.2 Å². The van der Waals surface area contributed by atoms with Crippen LogP contribution in [0.4, 0.5) is 13.2 Å². The summed E-state index contributed by atoms with van der Waals surface area (Å²) in [5.74, 6) is 0.393. The van der Waals surface area contributed by atoms with Crippen LogP contribution in [0, 0.1) is 5.92 Å². The molecule has 0 aromatic rings. The average Bonchev–Trinajstić information content (AvgIpc) is 2.84. The summed E-state index contributed by atoms with van der Waals surface area (Å²) in [4.78, 5) is 25.8. The van der Waals surface area contributed by atoms with Crippen molar-refractivity contribution in [3.63, 3.8) is 0 Å². The molecule has 2 aliphatic rings. The predicted molar refractivity (Wildman–Crippen MR) is 75.0 cm³/mol. The Labute approximate surface area is 130 Å². The molecule has 2 atom stereocenters. The monoisotopic (exact) mass is 340 g/mol. The van der Waals surface area contributed by atoms with Crippen LogP contribution in [0.15, 0.2) is 0 Å². The van der Waals surface area contributed by atoms with Crippen LogP contribution < -0.4 is 5.32 Å². The molecule has 0 spiro atoms. The molecule has 9 heteroatoms. The highest BCUT2D eigenvalue weighted by atomic mass is 32.2. The number of aliphatic hydroxyl groups is 1. The summed E-state index contributed by atoms with van der Waals surface area (Å²) in [6.45, 7) is -0.272. The lowest BCUT2D eigenvalue weighted by atomic mass is 9.84. The molecule has 0 aromatic carbocycles. The second-order valence-corrected chi connectivity index (χ2v) is 6.59. The van der Waals surface area contributed by atoms with Crippen LogP contribution in [-0.2, 0) is 9.59 Å². The van der Waals surface area contributed by atoms with Gasteiger partial charge in [-0.2, -0.15) is 13.2 Å². The van der Waals surface area contributed by atoms with Crippen molar-refractivity contribution in [1.29, 1.82) is 0 Å². The Balaban J connectivity index is 1.79. The van der Waals surface area contributed by atoms with E-state index in [0.29, 0.717) is 11.6 Å². The van der Waals surface area contributed by atoms with E-state index in [0.717, 1.165) is 19.3 Å². The molecule has 1 saturated carbocycles. The Morgan fingerprint density at radius 2 is 2.05 bits per heavy atom. The molecular formula is C13H19F3N2O3S. The van der Waals surface area contributed by atoms with Gasteiger partial charge in [0.05, 0.1) is 5.88 Å². The molecule has 2 rings (SSSR count). The zero-order chi connectivity index (χ0) is 16.3. The standard InChI is InChI=1S/C13H19F3N2O3S/c14-13(15,16)10(19)4-5-17-11(20)9-6-22-7-18(9)12(21)8-2-1-3-8/h8-10,19H,1-7H2,(H,17,20)/t9-,10-/m0/s1.